The lowest BCUT2D eigenvalue weighted by Gasteiger charge is -2.23. The Hall–Kier alpha value is -1.09. The van der Waals surface area contributed by atoms with E-state index in [9.17, 15) is 9.18 Å². The minimum atomic E-state index is -0.321. The Bertz CT molecular complexity index is 370. The molecule has 4 heteroatoms. The Balaban J connectivity index is 2.64. The molecule has 0 radical (unpaired) electrons. The predicted molar refractivity (Wildman–Crippen MR) is 63.1 cm³/mol. The van der Waals surface area contributed by atoms with E-state index in [1.807, 2.05) is 6.92 Å². The van der Waals surface area contributed by atoms with E-state index in [4.69, 9.17) is 11.6 Å². The molecule has 0 saturated heterocycles. The molecule has 1 amide bonds. The first-order valence-corrected chi connectivity index (χ1v) is 5.64. The Morgan fingerprint density at radius 2 is 2.25 bits per heavy atom. The van der Waals surface area contributed by atoms with Gasteiger partial charge >= 0.3 is 0 Å². The van der Waals surface area contributed by atoms with Crippen LogP contribution in [0.3, 0.4) is 0 Å². The zero-order valence-corrected chi connectivity index (χ0v) is 10.2. The second kappa shape index (κ2) is 5.85. The molecular formula is C12H15ClFNO. The lowest BCUT2D eigenvalue weighted by Crippen LogP contribution is -2.37. The molecule has 0 aliphatic rings. The molecule has 1 atom stereocenters. The van der Waals surface area contributed by atoms with Crippen LogP contribution in [0.2, 0.25) is 0 Å². The molecule has 0 N–H and O–H groups in total. The molecule has 0 aromatic heterocycles. The molecular weight excluding hydrogens is 229 g/mol. The van der Waals surface area contributed by atoms with Crippen molar-refractivity contribution in [3.8, 4) is 0 Å². The minimum Gasteiger partial charge on any atom is -0.342 e. The SMILES string of the molecule is CC(CCl)N(C)C(=O)Cc1cccc(F)c1. The van der Waals surface area contributed by atoms with Crippen LogP contribution in [0.1, 0.15) is 12.5 Å². The fourth-order valence-electron chi connectivity index (χ4n) is 1.30. The van der Waals surface area contributed by atoms with Gasteiger partial charge in [-0.3, -0.25) is 4.79 Å². The highest BCUT2D eigenvalue weighted by Crippen LogP contribution is 2.07. The van der Waals surface area contributed by atoms with Gasteiger partial charge < -0.3 is 4.90 Å². The summed E-state index contributed by atoms with van der Waals surface area (Å²) in [5, 5.41) is 0. The molecule has 16 heavy (non-hydrogen) atoms. The van der Waals surface area contributed by atoms with Gasteiger partial charge in [-0.25, -0.2) is 4.39 Å². The van der Waals surface area contributed by atoms with E-state index in [1.165, 1.54) is 12.1 Å². The third kappa shape index (κ3) is 3.49. The standard InChI is InChI=1S/C12H15ClFNO/c1-9(8-13)15(2)12(16)7-10-4-3-5-11(14)6-10/h3-6,9H,7-8H2,1-2H3. The zero-order valence-electron chi connectivity index (χ0n) is 9.41. The van der Waals surface area contributed by atoms with Crippen LogP contribution in [-0.4, -0.2) is 29.8 Å². The van der Waals surface area contributed by atoms with E-state index in [0.29, 0.717) is 11.4 Å². The summed E-state index contributed by atoms with van der Waals surface area (Å²) < 4.78 is 12.9. The van der Waals surface area contributed by atoms with Gasteiger partial charge in [-0.2, -0.15) is 0 Å². The molecule has 2 nitrogen and oxygen atoms in total. The second-order valence-corrected chi connectivity index (χ2v) is 4.12. The van der Waals surface area contributed by atoms with Crippen molar-refractivity contribution in [3.05, 3.63) is 35.6 Å². The average molecular weight is 244 g/mol. The van der Waals surface area contributed by atoms with Gasteiger partial charge in [0.1, 0.15) is 5.82 Å². The molecule has 0 heterocycles. The molecule has 0 fully saturated rings. The third-order valence-electron chi connectivity index (χ3n) is 2.52. The molecule has 1 aromatic rings. The lowest BCUT2D eigenvalue weighted by atomic mass is 10.1. The highest BCUT2D eigenvalue weighted by Gasteiger charge is 2.15. The van der Waals surface area contributed by atoms with Crippen molar-refractivity contribution in [2.75, 3.05) is 12.9 Å². The van der Waals surface area contributed by atoms with Crippen molar-refractivity contribution in [2.24, 2.45) is 0 Å². The van der Waals surface area contributed by atoms with Gasteiger partial charge in [0.05, 0.1) is 6.42 Å². The van der Waals surface area contributed by atoms with Gasteiger partial charge in [-0.05, 0) is 24.6 Å². The quantitative estimate of drug-likeness (QED) is 0.744. The van der Waals surface area contributed by atoms with Crippen LogP contribution in [0.5, 0.6) is 0 Å². The number of alkyl halides is 1. The maximum absolute atomic E-state index is 12.9. The fraction of sp³-hybridized carbons (Fsp3) is 0.417. The fourth-order valence-corrected chi connectivity index (χ4v) is 1.50. The van der Waals surface area contributed by atoms with Gasteiger partial charge in [0.25, 0.3) is 0 Å². The first kappa shape index (κ1) is 13.0. The lowest BCUT2D eigenvalue weighted by molar-refractivity contribution is -0.130. The maximum Gasteiger partial charge on any atom is 0.227 e. The molecule has 0 aliphatic carbocycles. The van der Waals surface area contributed by atoms with Gasteiger partial charge in [0.15, 0.2) is 0 Å². The Morgan fingerprint density at radius 1 is 1.56 bits per heavy atom. The first-order chi connectivity index (χ1) is 7.54. The van der Waals surface area contributed by atoms with Crippen molar-refractivity contribution in [1.82, 2.24) is 4.90 Å². The number of amides is 1. The first-order valence-electron chi connectivity index (χ1n) is 5.10. The van der Waals surface area contributed by atoms with E-state index in [0.717, 1.165) is 0 Å². The van der Waals surface area contributed by atoms with Gasteiger partial charge in [0.2, 0.25) is 5.91 Å². The van der Waals surface area contributed by atoms with Crippen molar-refractivity contribution in [2.45, 2.75) is 19.4 Å². The van der Waals surface area contributed by atoms with Crippen LogP contribution in [0.4, 0.5) is 4.39 Å². The van der Waals surface area contributed by atoms with Gasteiger partial charge in [-0.15, -0.1) is 11.6 Å². The molecule has 0 saturated carbocycles. The molecule has 1 unspecified atom stereocenters. The van der Waals surface area contributed by atoms with Crippen LogP contribution in [0, 0.1) is 5.82 Å². The van der Waals surface area contributed by atoms with Crippen LogP contribution in [-0.2, 0) is 11.2 Å². The number of hydrogen-bond donors (Lipinski definition) is 0. The Labute approximate surface area is 100 Å². The number of halogens is 2. The van der Waals surface area contributed by atoms with Crippen LogP contribution < -0.4 is 0 Å². The summed E-state index contributed by atoms with van der Waals surface area (Å²) in [7, 11) is 1.70. The minimum absolute atomic E-state index is 0.0114. The number of hydrogen-bond acceptors (Lipinski definition) is 1. The van der Waals surface area contributed by atoms with E-state index in [-0.39, 0.29) is 24.2 Å². The molecule has 0 aliphatic heterocycles. The Morgan fingerprint density at radius 3 is 2.81 bits per heavy atom. The van der Waals surface area contributed by atoms with Crippen molar-refractivity contribution < 1.29 is 9.18 Å². The average Bonchev–Trinajstić information content (AvgIpc) is 2.27. The molecule has 0 bridgehead atoms. The summed E-state index contributed by atoms with van der Waals surface area (Å²) in [6, 6.07) is 6.06. The van der Waals surface area contributed by atoms with Gasteiger partial charge in [0, 0.05) is 19.0 Å². The maximum atomic E-state index is 12.9. The highest BCUT2D eigenvalue weighted by atomic mass is 35.5. The third-order valence-corrected chi connectivity index (χ3v) is 2.97. The van der Waals surface area contributed by atoms with Crippen molar-refractivity contribution in [3.63, 3.8) is 0 Å². The van der Waals surface area contributed by atoms with E-state index in [2.05, 4.69) is 0 Å². The smallest absolute Gasteiger partial charge is 0.227 e. The number of likely N-dealkylation sites (N-methyl/N-ethyl adjacent to an activating group) is 1. The van der Waals surface area contributed by atoms with E-state index in [1.54, 1.807) is 24.1 Å². The predicted octanol–water partition coefficient (Wildman–Crippen LogP) is 2.45. The van der Waals surface area contributed by atoms with Gasteiger partial charge in [-0.1, -0.05) is 12.1 Å². The largest absolute Gasteiger partial charge is 0.342 e. The van der Waals surface area contributed by atoms with Crippen LogP contribution in [0.25, 0.3) is 0 Å². The number of rotatable bonds is 4. The number of carbonyl (C=O) groups is 1. The van der Waals surface area contributed by atoms with Crippen molar-refractivity contribution in [1.29, 1.82) is 0 Å². The van der Waals surface area contributed by atoms with Crippen LogP contribution in [0.15, 0.2) is 24.3 Å². The van der Waals surface area contributed by atoms with Crippen LogP contribution >= 0.6 is 11.6 Å². The normalized spacial score (nSPS) is 12.2. The molecule has 88 valence electrons. The molecule has 1 rings (SSSR count). The topological polar surface area (TPSA) is 20.3 Å². The Kier molecular flexibility index (Phi) is 4.74. The zero-order chi connectivity index (χ0) is 12.1. The monoisotopic (exact) mass is 243 g/mol. The highest BCUT2D eigenvalue weighted by molar-refractivity contribution is 6.18. The molecule has 0 spiro atoms. The summed E-state index contributed by atoms with van der Waals surface area (Å²) in [5.74, 6) is 0.0165. The summed E-state index contributed by atoms with van der Waals surface area (Å²) in [6.45, 7) is 1.87. The summed E-state index contributed by atoms with van der Waals surface area (Å²) in [6.07, 6.45) is 0.204. The second-order valence-electron chi connectivity index (χ2n) is 3.81. The summed E-state index contributed by atoms with van der Waals surface area (Å²) >= 11 is 5.67. The number of nitrogens with zero attached hydrogens (tertiary/aromatic N) is 1. The summed E-state index contributed by atoms with van der Waals surface area (Å²) in [5.41, 5.74) is 0.679. The van der Waals surface area contributed by atoms with E-state index >= 15 is 0 Å². The number of carbonyl (C=O) groups excluding carboxylic acids is 1. The van der Waals surface area contributed by atoms with E-state index < -0.39 is 0 Å². The molecule has 1 aromatic carbocycles. The number of benzene rings is 1. The van der Waals surface area contributed by atoms with Crippen molar-refractivity contribution >= 4 is 17.5 Å². The summed E-state index contributed by atoms with van der Waals surface area (Å²) in [4.78, 5) is 13.4.